The van der Waals surface area contributed by atoms with E-state index in [4.69, 9.17) is 2.67 Å². The van der Waals surface area contributed by atoms with Crippen molar-refractivity contribution in [3.8, 4) is 0 Å². The Labute approximate surface area is 140 Å². The summed E-state index contributed by atoms with van der Waals surface area (Å²) >= 11 is -5.85. The van der Waals surface area contributed by atoms with Crippen molar-refractivity contribution in [1.29, 1.82) is 0 Å². The first-order chi connectivity index (χ1) is 8.80. The van der Waals surface area contributed by atoms with Crippen LogP contribution in [0.25, 0.3) is 0 Å². The molecule has 6 heteroatoms. The molecule has 108 valence electrons. The molecule has 18 heavy (non-hydrogen) atoms. The van der Waals surface area contributed by atoms with Crippen LogP contribution in [-0.2, 0) is 2.67 Å². The summed E-state index contributed by atoms with van der Waals surface area (Å²) in [5, 5.41) is 0. The third-order valence-electron chi connectivity index (χ3n) is 2.63. The summed E-state index contributed by atoms with van der Waals surface area (Å²) in [6.07, 6.45) is 7.78. The first-order valence-corrected chi connectivity index (χ1v) is 23.1. The van der Waals surface area contributed by atoms with Gasteiger partial charge in [0.1, 0.15) is 0 Å². The number of hydrogen-bond acceptors (Lipinski definition) is 3. The second-order valence-electron chi connectivity index (χ2n) is 4.47. The van der Waals surface area contributed by atoms with Crippen molar-refractivity contribution in [2.75, 3.05) is 0 Å². The van der Waals surface area contributed by atoms with Crippen LogP contribution in [0.2, 0.25) is 12.4 Å². The van der Waals surface area contributed by atoms with Gasteiger partial charge in [-0.15, -0.1) is 0 Å². The molecule has 0 aromatic rings. The van der Waals surface area contributed by atoms with Gasteiger partial charge in [-0.1, -0.05) is 0 Å². The van der Waals surface area contributed by atoms with E-state index in [1.807, 2.05) is 0 Å². The Kier molecular flexibility index (Phi) is 12.5. The van der Waals surface area contributed by atoms with E-state index in [9.17, 15) is 0 Å². The summed E-state index contributed by atoms with van der Waals surface area (Å²) in [4.78, 5) is 0. The van der Waals surface area contributed by atoms with Crippen molar-refractivity contribution >= 4 is 67.9 Å². The normalized spacial score (nSPS) is 19.5. The Bertz CT molecular complexity index is 168. The molecule has 1 rings (SSSR count). The van der Waals surface area contributed by atoms with Gasteiger partial charge >= 0.3 is 142 Å². The van der Waals surface area contributed by atoms with Crippen molar-refractivity contribution < 1.29 is 2.67 Å². The number of rotatable bonds is 9. The van der Waals surface area contributed by atoms with Gasteiger partial charge in [-0.3, -0.25) is 0 Å². The van der Waals surface area contributed by atoms with Gasteiger partial charge in [-0.2, -0.15) is 0 Å². The zero-order valence-electron chi connectivity index (χ0n) is 11.9. The van der Waals surface area contributed by atoms with Crippen LogP contribution in [0.15, 0.2) is 0 Å². The average Bonchev–Trinajstić information content (AvgIpc) is 2.40. The maximum absolute atomic E-state index is 6.31. The molecule has 1 aliphatic heterocycles. The van der Waals surface area contributed by atoms with E-state index in [1.165, 1.54) is 50.9 Å². The summed E-state index contributed by atoms with van der Waals surface area (Å²) < 4.78 is 22.8. The van der Waals surface area contributed by atoms with E-state index in [0.717, 1.165) is 0 Å². The topological polar surface area (TPSA) is 27.7 Å². The molecule has 3 nitrogen and oxygen atoms in total. The Hall–Kier alpha value is 2.53. The van der Waals surface area contributed by atoms with Gasteiger partial charge in [0.2, 0.25) is 0 Å². The van der Waals surface area contributed by atoms with Gasteiger partial charge in [-0.25, -0.2) is 0 Å². The fraction of sp³-hybridized carbons (Fsp3) is 1.00. The molecule has 0 N–H and O–H groups in total. The van der Waals surface area contributed by atoms with E-state index < -0.39 is 67.9 Å². The van der Waals surface area contributed by atoms with Crippen molar-refractivity contribution in [3.05, 3.63) is 0 Å². The van der Waals surface area contributed by atoms with Crippen LogP contribution in [0.3, 0.4) is 0 Å². The fourth-order valence-electron chi connectivity index (χ4n) is 1.46. The van der Waals surface area contributed by atoms with Crippen LogP contribution in [-0.4, -0.2) is 67.9 Å². The van der Waals surface area contributed by atoms with Crippen molar-refractivity contribution in [3.63, 3.8) is 0 Å². The average molecular weight is 846 g/mol. The molecule has 0 saturated carbocycles. The molecule has 1 heterocycles. The molecule has 0 aromatic carbocycles. The van der Waals surface area contributed by atoms with Crippen LogP contribution in [0.1, 0.15) is 59.3 Å². The van der Waals surface area contributed by atoms with E-state index >= 15 is 0 Å². The first kappa shape index (κ1) is 18.6. The van der Waals surface area contributed by atoms with Crippen LogP contribution in [0.4, 0.5) is 0 Å². The summed E-state index contributed by atoms with van der Waals surface area (Å²) in [7, 11) is 0. The summed E-state index contributed by atoms with van der Waals surface area (Å²) in [5.74, 6) is 0. The molecule has 0 aromatic heterocycles. The second-order valence-corrected chi connectivity index (χ2v) is 36.1. The molecule has 1 aliphatic rings. The van der Waals surface area contributed by atoms with Gasteiger partial charge < -0.3 is 0 Å². The third-order valence-corrected chi connectivity index (χ3v) is 52.1. The summed E-state index contributed by atoms with van der Waals surface area (Å²) in [5.41, 5.74) is 0. The molecule has 1 saturated heterocycles. The molecule has 0 amide bonds. The van der Waals surface area contributed by atoms with E-state index in [1.54, 1.807) is 0 Å². The van der Waals surface area contributed by atoms with E-state index in [2.05, 4.69) is 20.8 Å². The van der Waals surface area contributed by atoms with Gasteiger partial charge in [0.15, 0.2) is 0 Å². The van der Waals surface area contributed by atoms with Crippen LogP contribution in [0.5, 0.6) is 0 Å². The summed E-state index contributed by atoms with van der Waals surface area (Å²) in [6.45, 7) is 6.79. The van der Waals surface area contributed by atoms with Crippen molar-refractivity contribution in [2.24, 2.45) is 0 Å². The molecule has 0 aliphatic carbocycles. The van der Waals surface area contributed by atoms with Gasteiger partial charge in [0.25, 0.3) is 0 Å². The van der Waals surface area contributed by atoms with Crippen LogP contribution >= 0.6 is 0 Å². The number of hydrogen-bond donors (Lipinski definition) is 0. The van der Waals surface area contributed by atoms with Crippen LogP contribution < -0.4 is 0 Å². The van der Waals surface area contributed by atoms with Gasteiger partial charge in [0.05, 0.1) is 0 Å². The predicted octanol–water partition coefficient (Wildman–Crippen LogP) is 3.91. The zero-order valence-corrected chi connectivity index (χ0v) is 22.4. The monoisotopic (exact) mass is 846 g/mol. The third kappa shape index (κ3) is 8.09. The minimum atomic E-state index is -1.95. The SMILES string of the molecule is CCC[CH2][Bi]1[O][Bi]([CH2]CCC)[O][Bi]([CH2]CCC)[O]1. The Balaban J connectivity index is 2.38. The zero-order chi connectivity index (χ0) is 13.2. The Morgan fingerprint density at radius 1 is 0.556 bits per heavy atom. The van der Waals surface area contributed by atoms with Crippen LogP contribution in [0, 0.1) is 0 Å². The van der Waals surface area contributed by atoms with Gasteiger partial charge in [-0.05, 0) is 0 Å². The molecule has 0 unspecified atom stereocenters. The molecule has 0 bridgehead atoms. The first-order valence-electron chi connectivity index (χ1n) is 7.17. The maximum atomic E-state index is 6.31. The van der Waals surface area contributed by atoms with E-state index in [-0.39, 0.29) is 0 Å². The second kappa shape index (κ2) is 12.1. The van der Waals surface area contributed by atoms with Crippen molar-refractivity contribution in [2.45, 2.75) is 71.7 Å². The fourth-order valence-corrected chi connectivity index (χ4v) is 80.1. The van der Waals surface area contributed by atoms with Crippen molar-refractivity contribution in [1.82, 2.24) is 0 Å². The quantitative estimate of drug-likeness (QED) is 0.330. The molecular formula is C12H27Bi3O3. The molecule has 0 radical (unpaired) electrons. The number of unbranched alkanes of at least 4 members (excludes halogenated alkanes) is 3. The molecule has 1 fully saturated rings. The van der Waals surface area contributed by atoms with E-state index in [0.29, 0.717) is 0 Å². The van der Waals surface area contributed by atoms with Gasteiger partial charge in [0, 0.05) is 0 Å². The minimum absolute atomic E-state index is 1.28. The summed E-state index contributed by atoms with van der Waals surface area (Å²) in [6, 6.07) is 0. The Morgan fingerprint density at radius 2 is 0.833 bits per heavy atom. The predicted molar refractivity (Wildman–Crippen MR) is 79.7 cm³/mol. The molecule has 0 atom stereocenters. The molecule has 0 spiro atoms. The standard InChI is InChI=1S/3C4H9.3Bi.3O/c3*1-3-4-2;;;;;;/h3*1,3-4H2,2H3;;;;;;. The molecular weight excluding hydrogens is 819 g/mol. The Morgan fingerprint density at radius 3 is 1.06 bits per heavy atom.